The predicted octanol–water partition coefficient (Wildman–Crippen LogP) is 2.31. The topological polar surface area (TPSA) is 62.8 Å². The van der Waals surface area contributed by atoms with Crippen LogP contribution in [0.5, 0.6) is 0 Å². The van der Waals surface area contributed by atoms with Crippen LogP contribution in [-0.4, -0.2) is 28.8 Å². The molecule has 30 heavy (non-hydrogen) atoms. The second-order valence-corrected chi connectivity index (χ2v) is 8.56. The fraction of sp³-hybridized carbons (Fsp3) is 0.360. The minimum absolute atomic E-state index is 0.141. The average molecular weight is 402 g/mol. The molecule has 1 saturated carbocycles. The summed E-state index contributed by atoms with van der Waals surface area (Å²) in [6, 6.07) is 14.6. The van der Waals surface area contributed by atoms with Crippen molar-refractivity contribution >= 4 is 17.0 Å². The van der Waals surface area contributed by atoms with Gasteiger partial charge in [0.2, 0.25) is 0 Å². The molecule has 5 heteroatoms. The first-order valence-corrected chi connectivity index (χ1v) is 10.8. The maximum Gasteiger partial charge on any atom is 0.189 e. The molecule has 3 aromatic rings. The third kappa shape index (κ3) is 3.43. The number of pyridine rings is 1. The Morgan fingerprint density at radius 1 is 1.13 bits per heavy atom. The largest absolute Gasteiger partial charge is 0.619 e. The molecule has 0 bridgehead atoms. The van der Waals surface area contributed by atoms with Crippen LogP contribution in [0.15, 0.2) is 53.7 Å². The van der Waals surface area contributed by atoms with Crippen LogP contribution in [0.3, 0.4) is 0 Å². The van der Waals surface area contributed by atoms with E-state index in [-0.39, 0.29) is 12.1 Å². The lowest BCUT2D eigenvalue weighted by Gasteiger charge is -2.37. The first-order valence-electron chi connectivity index (χ1n) is 10.8. The first-order chi connectivity index (χ1) is 14.6. The molecule has 5 rings (SSSR count). The molecule has 5 nitrogen and oxygen atoms in total. The Balaban J connectivity index is 1.61. The van der Waals surface area contributed by atoms with Crippen LogP contribution in [0.25, 0.3) is 17.0 Å². The molecular formula is C25H27N3O2. The van der Waals surface area contributed by atoms with Crippen molar-refractivity contribution in [3.63, 3.8) is 0 Å². The number of hydrogen-bond donors (Lipinski definition) is 1. The van der Waals surface area contributed by atoms with E-state index >= 15 is 0 Å². The van der Waals surface area contributed by atoms with E-state index in [0.717, 1.165) is 51.9 Å². The number of aryl methyl sites for hydroxylation is 1. The summed E-state index contributed by atoms with van der Waals surface area (Å²) in [7, 11) is 0. The Bertz CT molecular complexity index is 1220. The quantitative estimate of drug-likeness (QED) is 0.541. The van der Waals surface area contributed by atoms with Crippen molar-refractivity contribution in [2.75, 3.05) is 6.67 Å². The van der Waals surface area contributed by atoms with Crippen molar-refractivity contribution in [3.8, 4) is 0 Å². The summed E-state index contributed by atoms with van der Waals surface area (Å²) in [4.78, 5) is 7.13. The molecule has 1 aliphatic heterocycles. The van der Waals surface area contributed by atoms with Gasteiger partial charge >= 0.3 is 0 Å². The SMILES string of the molecule is Cc1ccc(Cc2cc3c(c4ccccc24)=NCN([C@H]2CCCC[C@@H]2O)C=3)c[n+]1[O-]. The van der Waals surface area contributed by atoms with Gasteiger partial charge in [-0.2, -0.15) is 4.73 Å². The second-order valence-electron chi connectivity index (χ2n) is 8.56. The summed E-state index contributed by atoms with van der Waals surface area (Å²) in [5.74, 6) is 0. The van der Waals surface area contributed by atoms with E-state index in [0.29, 0.717) is 18.8 Å². The first kappa shape index (κ1) is 19.1. The summed E-state index contributed by atoms with van der Waals surface area (Å²) >= 11 is 0. The molecular weight excluding hydrogens is 374 g/mol. The molecule has 2 heterocycles. The van der Waals surface area contributed by atoms with Gasteiger partial charge in [0.1, 0.15) is 6.67 Å². The van der Waals surface area contributed by atoms with Crippen molar-refractivity contribution in [1.29, 1.82) is 0 Å². The highest BCUT2D eigenvalue weighted by Gasteiger charge is 2.28. The minimum Gasteiger partial charge on any atom is -0.619 e. The highest BCUT2D eigenvalue weighted by atomic mass is 16.5. The number of aromatic nitrogens is 1. The van der Waals surface area contributed by atoms with Crippen molar-refractivity contribution in [2.24, 2.45) is 4.99 Å². The minimum atomic E-state index is -0.285. The van der Waals surface area contributed by atoms with E-state index in [4.69, 9.17) is 4.99 Å². The van der Waals surface area contributed by atoms with Crippen LogP contribution < -0.4 is 15.3 Å². The number of aliphatic hydroxyl groups is 1. The molecule has 154 valence electrons. The van der Waals surface area contributed by atoms with Gasteiger partial charge in [-0.05, 0) is 35.9 Å². The molecule has 1 aromatic heterocycles. The number of aliphatic hydroxyl groups excluding tert-OH is 1. The number of rotatable bonds is 3. The maximum atomic E-state index is 12.0. The summed E-state index contributed by atoms with van der Waals surface area (Å²) in [6.07, 6.45) is 8.39. The highest BCUT2D eigenvalue weighted by molar-refractivity contribution is 5.86. The zero-order chi connectivity index (χ0) is 20.7. The standard InChI is InChI=1S/C25H27N3O2/c1-17-10-11-18(14-28(17)30)12-19-13-20-15-27(23-8-4-5-9-24(23)29)16-26-25(20)22-7-3-2-6-21(19)22/h2-3,6-7,10-11,13-15,23-24,29H,4-5,8-9,12,16H2,1H3/t23-,24-/m0/s1. The van der Waals surface area contributed by atoms with Crippen LogP contribution in [0, 0.1) is 12.1 Å². The summed E-state index contributed by atoms with van der Waals surface area (Å²) in [5.41, 5.74) is 2.88. The molecule has 2 aromatic carbocycles. The Hall–Kier alpha value is -2.92. The van der Waals surface area contributed by atoms with Gasteiger partial charge in [0.15, 0.2) is 11.9 Å². The molecule has 1 aliphatic carbocycles. The molecule has 0 amide bonds. The zero-order valence-electron chi connectivity index (χ0n) is 17.3. The molecule has 1 fully saturated rings. The van der Waals surface area contributed by atoms with E-state index in [1.54, 1.807) is 6.20 Å². The van der Waals surface area contributed by atoms with Crippen LogP contribution in [-0.2, 0) is 6.42 Å². The van der Waals surface area contributed by atoms with Gasteiger partial charge in [-0.15, -0.1) is 0 Å². The number of benzene rings is 2. The molecule has 0 saturated heterocycles. The smallest absolute Gasteiger partial charge is 0.189 e. The van der Waals surface area contributed by atoms with Gasteiger partial charge in [0.25, 0.3) is 0 Å². The van der Waals surface area contributed by atoms with E-state index < -0.39 is 0 Å². The van der Waals surface area contributed by atoms with Crippen LogP contribution in [0.2, 0.25) is 0 Å². The summed E-state index contributed by atoms with van der Waals surface area (Å²) in [5, 5.41) is 27.0. The lowest BCUT2D eigenvalue weighted by Crippen LogP contribution is -2.47. The zero-order valence-corrected chi connectivity index (χ0v) is 17.3. The molecule has 2 atom stereocenters. The van der Waals surface area contributed by atoms with Crippen LogP contribution in [0.4, 0.5) is 0 Å². The second kappa shape index (κ2) is 7.73. The lowest BCUT2D eigenvalue weighted by atomic mass is 9.91. The van der Waals surface area contributed by atoms with Gasteiger partial charge in [-0.1, -0.05) is 37.1 Å². The van der Waals surface area contributed by atoms with Crippen LogP contribution in [0.1, 0.15) is 42.5 Å². The monoisotopic (exact) mass is 401 g/mol. The van der Waals surface area contributed by atoms with Crippen molar-refractivity contribution in [2.45, 2.75) is 51.2 Å². The molecule has 0 radical (unpaired) electrons. The fourth-order valence-electron chi connectivity index (χ4n) is 4.85. The molecule has 0 unspecified atom stereocenters. The van der Waals surface area contributed by atoms with Crippen molar-refractivity contribution in [1.82, 2.24) is 4.90 Å². The van der Waals surface area contributed by atoms with Gasteiger partial charge < -0.3 is 15.2 Å². The third-order valence-corrected chi connectivity index (χ3v) is 6.51. The fourth-order valence-corrected chi connectivity index (χ4v) is 4.85. The highest BCUT2D eigenvalue weighted by Crippen LogP contribution is 2.24. The van der Waals surface area contributed by atoms with Gasteiger partial charge in [-0.3, -0.25) is 4.99 Å². The average Bonchev–Trinajstić information content (AvgIpc) is 2.76. The van der Waals surface area contributed by atoms with Crippen molar-refractivity contribution in [3.05, 3.63) is 81.3 Å². The maximum absolute atomic E-state index is 12.0. The molecule has 2 aliphatic rings. The van der Waals surface area contributed by atoms with E-state index in [1.165, 1.54) is 10.9 Å². The third-order valence-electron chi connectivity index (χ3n) is 6.51. The summed E-state index contributed by atoms with van der Waals surface area (Å²) < 4.78 is 0.934. The molecule has 0 spiro atoms. The number of nitrogens with zero attached hydrogens (tertiary/aromatic N) is 3. The van der Waals surface area contributed by atoms with E-state index in [9.17, 15) is 10.3 Å². The van der Waals surface area contributed by atoms with Crippen molar-refractivity contribution < 1.29 is 9.84 Å². The lowest BCUT2D eigenvalue weighted by molar-refractivity contribution is -0.612. The van der Waals surface area contributed by atoms with E-state index in [1.807, 2.05) is 19.1 Å². The van der Waals surface area contributed by atoms with E-state index in [2.05, 4.69) is 41.4 Å². The van der Waals surface area contributed by atoms with Gasteiger partial charge in [0, 0.05) is 41.8 Å². The Morgan fingerprint density at radius 2 is 1.93 bits per heavy atom. The number of fused-ring (bicyclic) bond motifs is 3. The van der Waals surface area contributed by atoms with Gasteiger partial charge in [-0.25, -0.2) is 0 Å². The number of hydrogen-bond acceptors (Lipinski definition) is 4. The Kier molecular flexibility index (Phi) is 4.91. The molecule has 1 N–H and O–H groups in total. The predicted molar refractivity (Wildman–Crippen MR) is 117 cm³/mol. The Labute approximate surface area is 176 Å². The normalized spacial score (nSPS) is 21.1. The Morgan fingerprint density at radius 3 is 2.73 bits per heavy atom. The summed E-state index contributed by atoms with van der Waals surface area (Å²) in [6.45, 7) is 2.40. The van der Waals surface area contributed by atoms with Gasteiger partial charge in [0.05, 0.1) is 17.5 Å². The van der Waals surface area contributed by atoms with Crippen LogP contribution >= 0.6 is 0 Å².